The Morgan fingerprint density at radius 3 is 2.72 bits per heavy atom. The van der Waals surface area contributed by atoms with Crippen molar-refractivity contribution in [2.45, 2.75) is 40.0 Å². The number of ether oxygens (including phenoxy) is 2. The zero-order valence-corrected chi connectivity index (χ0v) is 21.4. The number of aromatic nitrogens is 3. The van der Waals surface area contributed by atoms with E-state index in [-0.39, 0.29) is 5.78 Å². The third-order valence-electron chi connectivity index (χ3n) is 6.29. The molecule has 0 unspecified atom stereocenters. The number of fused-ring (bicyclic) bond motifs is 1. The zero-order chi connectivity index (χ0) is 25.7. The summed E-state index contributed by atoms with van der Waals surface area (Å²) < 4.78 is 13.0. The van der Waals surface area contributed by atoms with Crippen LogP contribution in [0.5, 0.6) is 11.6 Å². The monoisotopic (exact) mass is 489 g/mol. The van der Waals surface area contributed by atoms with E-state index in [1.807, 2.05) is 44.2 Å². The first kappa shape index (κ1) is 25.4. The van der Waals surface area contributed by atoms with E-state index in [1.165, 1.54) is 0 Å². The van der Waals surface area contributed by atoms with Gasteiger partial charge in [-0.15, -0.1) is 5.10 Å². The van der Waals surface area contributed by atoms with E-state index in [2.05, 4.69) is 33.5 Å². The second-order valence-corrected chi connectivity index (χ2v) is 9.36. The molecule has 1 spiro atoms. The second-order valence-electron chi connectivity index (χ2n) is 9.36. The van der Waals surface area contributed by atoms with Crippen LogP contribution >= 0.6 is 0 Å². The van der Waals surface area contributed by atoms with E-state index in [4.69, 9.17) is 9.47 Å². The Balaban J connectivity index is 0.00000148. The van der Waals surface area contributed by atoms with Gasteiger partial charge >= 0.3 is 0 Å². The van der Waals surface area contributed by atoms with Gasteiger partial charge in [0.2, 0.25) is 5.88 Å². The van der Waals surface area contributed by atoms with E-state index >= 15 is 0 Å². The number of hydrogen-bond acceptors (Lipinski definition) is 7. The van der Waals surface area contributed by atoms with Crippen LogP contribution in [-0.4, -0.2) is 51.6 Å². The maximum Gasteiger partial charge on any atom is 0.237 e. The standard InChI is InChI=1S/C26H29N5O3.C2H6/c1-18(11-19(2)30-10-9-26(15-30)16-33-17-26)27-23-14-31-24(28-23)7-8-25(29-31)34-22-6-4-5-21(13-22)12-20(3)32;1-2/h4-8,13-14,27H,1-2,9-12,15-17H2,3H3;1-2H3. The lowest BCUT2D eigenvalue weighted by Crippen LogP contribution is -2.44. The molecule has 0 saturated carbocycles. The molecule has 8 nitrogen and oxygen atoms in total. The third-order valence-corrected chi connectivity index (χ3v) is 6.29. The summed E-state index contributed by atoms with van der Waals surface area (Å²) in [6.07, 6.45) is 4.00. The number of benzene rings is 1. The number of anilines is 1. The van der Waals surface area contributed by atoms with Crippen molar-refractivity contribution in [3.05, 3.63) is 72.7 Å². The minimum atomic E-state index is 0.109. The van der Waals surface area contributed by atoms with Gasteiger partial charge in [0.1, 0.15) is 11.5 Å². The van der Waals surface area contributed by atoms with Crippen molar-refractivity contribution in [2.75, 3.05) is 31.6 Å². The number of rotatable bonds is 9. The Labute approximate surface area is 212 Å². The van der Waals surface area contributed by atoms with Crippen molar-refractivity contribution in [1.82, 2.24) is 19.5 Å². The van der Waals surface area contributed by atoms with Crippen molar-refractivity contribution >= 4 is 17.2 Å². The van der Waals surface area contributed by atoms with Crippen LogP contribution in [0, 0.1) is 5.41 Å². The first-order chi connectivity index (χ1) is 17.4. The summed E-state index contributed by atoms with van der Waals surface area (Å²) in [6.45, 7) is 17.8. The summed E-state index contributed by atoms with van der Waals surface area (Å²) in [5, 5.41) is 7.78. The molecule has 5 rings (SSSR count). The maximum absolute atomic E-state index is 11.4. The molecular formula is C28H35N5O3. The van der Waals surface area contributed by atoms with Crippen molar-refractivity contribution in [1.29, 1.82) is 0 Å². The van der Waals surface area contributed by atoms with Gasteiger partial charge < -0.3 is 19.7 Å². The Kier molecular flexibility index (Phi) is 7.74. The van der Waals surface area contributed by atoms with Crippen LogP contribution in [0.4, 0.5) is 5.82 Å². The van der Waals surface area contributed by atoms with Gasteiger partial charge in [-0.25, -0.2) is 9.50 Å². The van der Waals surface area contributed by atoms with Gasteiger partial charge in [-0.2, -0.15) is 0 Å². The van der Waals surface area contributed by atoms with Gasteiger partial charge in [0.25, 0.3) is 0 Å². The first-order valence-electron chi connectivity index (χ1n) is 12.5. The van der Waals surface area contributed by atoms with Gasteiger partial charge in [0.05, 0.1) is 19.4 Å². The van der Waals surface area contributed by atoms with E-state index in [0.29, 0.717) is 41.4 Å². The van der Waals surface area contributed by atoms with Gasteiger partial charge in [0, 0.05) is 48.8 Å². The van der Waals surface area contributed by atoms with E-state index < -0.39 is 0 Å². The Morgan fingerprint density at radius 1 is 1.22 bits per heavy atom. The van der Waals surface area contributed by atoms with Crippen LogP contribution in [-0.2, 0) is 16.0 Å². The number of ketones is 1. The average molecular weight is 490 g/mol. The maximum atomic E-state index is 11.4. The molecule has 0 bridgehead atoms. The SMILES string of the molecule is C=C(CC(=C)N1CCC2(COC2)C1)Nc1cn2nc(Oc3cccc(CC(C)=O)c3)ccc2n1.CC. The molecule has 3 aromatic rings. The molecule has 2 fully saturated rings. The highest BCUT2D eigenvalue weighted by atomic mass is 16.5. The fraction of sp³-hybridized carbons (Fsp3) is 0.393. The quantitative estimate of drug-likeness (QED) is 0.441. The van der Waals surface area contributed by atoms with E-state index in [0.717, 1.165) is 49.7 Å². The molecule has 2 aliphatic heterocycles. The number of nitrogens with one attached hydrogen (secondary N) is 1. The topological polar surface area (TPSA) is 81.0 Å². The summed E-state index contributed by atoms with van der Waals surface area (Å²) >= 11 is 0. The number of carbonyl (C=O) groups excluding carboxylic acids is 1. The lowest BCUT2D eigenvalue weighted by atomic mass is 9.85. The van der Waals surface area contributed by atoms with E-state index in [9.17, 15) is 4.79 Å². The lowest BCUT2D eigenvalue weighted by Gasteiger charge is -2.38. The van der Waals surface area contributed by atoms with Crippen LogP contribution in [0.3, 0.4) is 0 Å². The molecule has 4 heterocycles. The van der Waals surface area contributed by atoms with Crippen LogP contribution in [0.15, 0.2) is 67.1 Å². The van der Waals surface area contributed by atoms with Crippen molar-refractivity contribution in [3.8, 4) is 11.6 Å². The molecule has 1 aromatic carbocycles. The summed E-state index contributed by atoms with van der Waals surface area (Å²) in [7, 11) is 0. The van der Waals surface area contributed by atoms with Crippen molar-refractivity contribution in [2.24, 2.45) is 5.41 Å². The number of imidazole rings is 1. The molecule has 1 N–H and O–H groups in total. The molecule has 36 heavy (non-hydrogen) atoms. The number of likely N-dealkylation sites (tertiary alicyclic amines) is 1. The Bertz CT molecular complexity index is 1260. The number of hydrogen-bond donors (Lipinski definition) is 1. The lowest BCUT2D eigenvalue weighted by molar-refractivity contribution is -0.116. The summed E-state index contributed by atoms with van der Waals surface area (Å²) in [5.74, 6) is 1.84. The normalized spacial score (nSPS) is 15.7. The van der Waals surface area contributed by atoms with Gasteiger partial charge in [-0.3, -0.25) is 4.79 Å². The van der Waals surface area contributed by atoms with Crippen LogP contribution in [0.25, 0.3) is 5.65 Å². The van der Waals surface area contributed by atoms with Crippen molar-refractivity contribution < 1.29 is 14.3 Å². The smallest absolute Gasteiger partial charge is 0.237 e. The molecule has 190 valence electrons. The largest absolute Gasteiger partial charge is 0.438 e. The fourth-order valence-electron chi connectivity index (χ4n) is 4.52. The number of carbonyl (C=O) groups is 1. The number of Topliss-reactive ketones (excluding diaryl/α,β-unsaturated/α-hetero) is 1. The predicted molar refractivity (Wildman–Crippen MR) is 141 cm³/mol. The molecule has 0 aliphatic carbocycles. The minimum absolute atomic E-state index is 0.109. The molecule has 0 atom stereocenters. The van der Waals surface area contributed by atoms with Gasteiger partial charge in [-0.05, 0) is 37.1 Å². The Morgan fingerprint density at radius 2 is 2.03 bits per heavy atom. The molecule has 0 radical (unpaired) electrons. The number of nitrogens with zero attached hydrogens (tertiary/aromatic N) is 4. The highest BCUT2D eigenvalue weighted by Crippen LogP contribution is 2.39. The van der Waals surface area contributed by atoms with Gasteiger partial charge in [0.15, 0.2) is 11.5 Å². The van der Waals surface area contributed by atoms with Gasteiger partial charge in [-0.1, -0.05) is 39.1 Å². The fourth-order valence-corrected chi connectivity index (χ4v) is 4.52. The highest BCUT2D eigenvalue weighted by molar-refractivity contribution is 5.78. The zero-order valence-electron chi connectivity index (χ0n) is 21.4. The molecule has 8 heteroatoms. The van der Waals surface area contributed by atoms with E-state index in [1.54, 1.807) is 23.7 Å². The molecular weight excluding hydrogens is 454 g/mol. The molecule has 2 aromatic heterocycles. The molecule has 2 saturated heterocycles. The average Bonchev–Trinajstić information content (AvgIpc) is 3.44. The third kappa shape index (κ3) is 5.94. The van der Waals surface area contributed by atoms with Crippen LogP contribution in [0.2, 0.25) is 0 Å². The van der Waals surface area contributed by atoms with Crippen molar-refractivity contribution in [3.63, 3.8) is 0 Å². The highest BCUT2D eigenvalue weighted by Gasteiger charge is 2.44. The van der Waals surface area contributed by atoms with Crippen LogP contribution < -0.4 is 10.1 Å². The molecule has 0 amide bonds. The first-order valence-corrected chi connectivity index (χ1v) is 12.5. The molecule has 2 aliphatic rings. The Hall–Kier alpha value is -3.65. The van der Waals surface area contributed by atoms with Crippen LogP contribution in [0.1, 0.15) is 39.2 Å². The minimum Gasteiger partial charge on any atom is -0.438 e. The predicted octanol–water partition coefficient (Wildman–Crippen LogP) is 5.23. The summed E-state index contributed by atoms with van der Waals surface area (Å²) in [5.41, 5.74) is 3.83. The second kappa shape index (κ2) is 11.0. The summed E-state index contributed by atoms with van der Waals surface area (Å²) in [6, 6.07) is 11.1. The summed E-state index contributed by atoms with van der Waals surface area (Å²) in [4.78, 5) is 18.3.